The molecule has 1 unspecified atom stereocenters. The summed E-state index contributed by atoms with van der Waals surface area (Å²) in [6, 6.07) is 23.4. The van der Waals surface area contributed by atoms with Crippen molar-refractivity contribution in [1.82, 2.24) is 14.8 Å². The number of anilines is 1. The highest BCUT2D eigenvalue weighted by Crippen LogP contribution is 2.18. The minimum absolute atomic E-state index is 0.0149. The quantitative estimate of drug-likeness (QED) is 0.589. The van der Waals surface area contributed by atoms with E-state index in [4.69, 9.17) is 4.74 Å². The summed E-state index contributed by atoms with van der Waals surface area (Å²) in [6.07, 6.45) is 1.83. The summed E-state index contributed by atoms with van der Waals surface area (Å²) in [7, 11) is 0. The van der Waals surface area contributed by atoms with Crippen LogP contribution in [0.15, 0.2) is 79.0 Å². The van der Waals surface area contributed by atoms with Crippen LogP contribution in [0.2, 0.25) is 0 Å². The highest BCUT2D eigenvalue weighted by atomic mass is 16.5. The Balaban J connectivity index is 1.22. The van der Waals surface area contributed by atoms with Crippen LogP contribution >= 0.6 is 0 Å². The minimum Gasteiger partial charge on any atom is -0.489 e. The number of pyridine rings is 1. The van der Waals surface area contributed by atoms with Gasteiger partial charge in [-0.3, -0.25) is 19.6 Å². The summed E-state index contributed by atoms with van der Waals surface area (Å²) >= 11 is 0. The lowest BCUT2D eigenvalue weighted by Crippen LogP contribution is -2.52. The predicted octanol–water partition coefficient (Wildman–Crippen LogP) is 3.81. The Hall–Kier alpha value is -3.22. The topological polar surface area (TPSA) is 57.7 Å². The first kappa shape index (κ1) is 22.0. The third-order valence-corrected chi connectivity index (χ3v) is 5.82. The Morgan fingerprint density at radius 1 is 0.969 bits per heavy atom. The number of ether oxygens (including phenoxy) is 1. The van der Waals surface area contributed by atoms with Gasteiger partial charge in [-0.25, -0.2) is 0 Å². The van der Waals surface area contributed by atoms with Gasteiger partial charge in [-0.05, 0) is 48.9 Å². The lowest BCUT2D eigenvalue weighted by molar-refractivity contribution is -0.121. The van der Waals surface area contributed by atoms with Gasteiger partial charge in [0.2, 0.25) is 5.91 Å². The lowest BCUT2D eigenvalue weighted by Gasteiger charge is -2.37. The highest BCUT2D eigenvalue weighted by molar-refractivity contribution is 5.94. The zero-order valence-corrected chi connectivity index (χ0v) is 18.5. The Kier molecular flexibility index (Phi) is 7.48. The molecule has 1 amide bonds. The van der Waals surface area contributed by atoms with E-state index < -0.39 is 0 Å². The number of piperazine rings is 1. The van der Waals surface area contributed by atoms with Gasteiger partial charge in [0.05, 0.1) is 11.7 Å². The molecule has 1 fully saturated rings. The molecule has 2 aromatic carbocycles. The third-order valence-electron chi connectivity index (χ3n) is 5.82. The SMILES string of the molecule is CC(C(=O)Nc1ccc(OCc2ccccc2)cc1)N1CCN(Cc2ccccn2)CC1. The standard InChI is InChI=1S/C26H30N4O2/c1-21(30-17-15-29(16-18-30)19-24-9-5-6-14-27-24)26(31)28-23-10-12-25(13-11-23)32-20-22-7-3-2-4-8-22/h2-14,21H,15-20H2,1H3,(H,28,31). The molecule has 2 heterocycles. The fraction of sp³-hybridized carbons (Fsp3) is 0.308. The van der Waals surface area contributed by atoms with Crippen LogP contribution in [0.3, 0.4) is 0 Å². The number of benzene rings is 2. The van der Waals surface area contributed by atoms with Gasteiger partial charge >= 0.3 is 0 Å². The number of carbonyl (C=O) groups is 1. The van der Waals surface area contributed by atoms with Crippen molar-refractivity contribution in [3.05, 3.63) is 90.3 Å². The molecule has 1 aliphatic rings. The molecule has 3 aromatic rings. The molecule has 0 aliphatic carbocycles. The van der Waals surface area contributed by atoms with Gasteiger partial charge in [-0.2, -0.15) is 0 Å². The number of nitrogens with zero attached hydrogens (tertiary/aromatic N) is 3. The average molecular weight is 431 g/mol. The van der Waals surface area contributed by atoms with Gasteiger partial charge in [-0.15, -0.1) is 0 Å². The number of amides is 1. The number of nitrogens with one attached hydrogen (secondary N) is 1. The molecule has 1 atom stereocenters. The predicted molar refractivity (Wildman–Crippen MR) is 126 cm³/mol. The molecule has 1 N–H and O–H groups in total. The van der Waals surface area contributed by atoms with E-state index in [1.54, 1.807) is 0 Å². The fourth-order valence-electron chi connectivity index (χ4n) is 3.82. The van der Waals surface area contributed by atoms with Crippen LogP contribution in [0.4, 0.5) is 5.69 Å². The van der Waals surface area contributed by atoms with Crippen LogP contribution in [0, 0.1) is 0 Å². The molecule has 1 aromatic heterocycles. The van der Waals surface area contributed by atoms with Gasteiger partial charge in [0.25, 0.3) is 0 Å². The first-order valence-electron chi connectivity index (χ1n) is 11.1. The molecule has 1 aliphatic heterocycles. The van der Waals surface area contributed by atoms with Crippen molar-refractivity contribution in [2.75, 3.05) is 31.5 Å². The summed E-state index contributed by atoms with van der Waals surface area (Å²) in [5.41, 5.74) is 2.99. The molecule has 4 rings (SSSR count). The van der Waals surface area contributed by atoms with Gasteiger partial charge in [0, 0.05) is 44.6 Å². The van der Waals surface area contributed by atoms with Crippen LogP contribution in [-0.2, 0) is 17.9 Å². The largest absolute Gasteiger partial charge is 0.489 e. The summed E-state index contributed by atoms with van der Waals surface area (Å²) in [5.74, 6) is 0.796. The van der Waals surface area contributed by atoms with E-state index in [2.05, 4.69) is 26.2 Å². The van der Waals surface area contributed by atoms with Gasteiger partial charge in [0.1, 0.15) is 12.4 Å². The molecule has 6 nitrogen and oxygen atoms in total. The number of hydrogen-bond donors (Lipinski definition) is 1. The number of rotatable bonds is 8. The molecule has 0 saturated carbocycles. The van der Waals surface area contributed by atoms with E-state index in [0.717, 1.165) is 55.4 Å². The van der Waals surface area contributed by atoms with E-state index in [9.17, 15) is 4.79 Å². The van der Waals surface area contributed by atoms with Crippen molar-refractivity contribution in [2.24, 2.45) is 0 Å². The zero-order chi connectivity index (χ0) is 22.2. The smallest absolute Gasteiger partial charge is 0.241 e. The number of hydrogen-bond acceptors (Lipinski definition) is 5. The van der Waals surface area contributed by atoms with Gasteiger partial charge in [0.15, 0.2) is 0 Å². The van der Waals surface area contributed by atoms with E-state index in [-0.39, 0.29) is 11.9 Å². The summed E-state index contributed by atoms with van der Waals surface area (Å²) in [6.45, 7) is 6.95. The Morgan fingerprint density at radius 2 is 1.69 bits per heavy atom. The van der Waals surface area contributed by atoms with Gasteiger partial charge in [-0.1, -0.05) is 36.4 Å². The van der Waals surface area contributed by atoms with E-state index >= 15 is 0 Å². The molecule has 166 valence electrons. The Morgan fingerprint density at radius 3 is 2.38 bits per heavy atom. The first-order chi connectivity index (χ1) is 15.7. The third kappa shape index (κ3) is 6.15. The number of aromatic nitrogens is 1. The maximum Gasteiger partial charge on any atom is 0.241 e. The molecule has 1 saturated heterocycles. The molecule has 0 bridgehead atoms. The van der Waals surface area contributed by atoms with Crippen LogP contribution in [0.1, 0.15) is 18.2 Å². The zero-order valence-electron chi connectivity index (χ0n) is 18.5. The molecule has 0 radical (unpaired) electrons. The van der Waals surface area contributed by atoms with Crippen molar-refractivity contribution in [2.45, 2.75) is 26.1 Å². The van der Waals surface area contributed by atoms with Crippen molar-refractivity contribution in [3.8, 4) is 5.75 Å². The first-order valence-corrected chi connectivity index (χ1v) is 11.1. The average Bonchev–Trinajstić information content (AvgIpc) is 2.85. The lowest BCUT2D eigenvalue weighted by atomic mass is 10.2. The Bertz CT molecular complexity index is 972. The molecular formula is C26H30N4O2. The highest BCUT2D eigenvalue weighted by Gasteiger charge is 2.25. The van der Waals surface area contributed by atoms with Crippen molar-refractivity contribution in [3.63, 3.8) is 0 Å². The number of carbonyl (C=O) groups excluding carboxylic acids is 1. The fourth-order valence-corrected chi connectivity index (χ4v) is 3.82. The summed E-state index contributed by atoms with van der Waals surface area (Å²) in [5, 5.41) is 3.03. The molecule has 32 heavy (non-hydrogen) atoms. The minimum atomic E-state index is -0.180. The molecule has 0 spiro atoms. The van der Waals surface area contributed by atoms with Crippen molar-refractivity contribution >= 4 is 11.6 Å². The van der Waals surface area contributed by atoms with Crippen molar-refractivity contribution in [1.29, 1.82) is 0 Å². The molecule has 6 heteroatoms. The summed E-state index contributed by atoms with van der Waals surface area (Å²) in [4.78, 5) is 21.8. The van der Waals surface area contributed by atoms with Crippen LogP contribution in [0.5, 0.6) is 5.75 Å². The second-order valence-corrected chi connectivity index (χ2v) is 8.10. The maximum absolute atomic E-state index is 12.8. The monoisotopic (exact) mass is 430 g/mol. The van der Waals surface area contributed by atoms with Crippen LogP contribution in [0.25, 0.3) is 0 Å². The van der Waals surface area contributed by atoms with E-state index in [0.29, 0.717) is 6.61 Å². The van der Waals surface area contributed by atoms with E-state index in [1.165, 1.54) is 0 Å². The second-order valence-electron chi connectivity index (χ2n) is 8.10. The Labute approximate surface area is 189 Å². The normalized spacial score (nSPS) is 15.8. The van der Waals surface area contributed by atoms with Gasteiger partial charge < -0.3 is 10.1 Å². The van der Waals surface area contributed by atoms with Crippen LogP contribution in [-0.4, -0.2) is 52.9 Å². The van der Waals surface area contributed by atoms with Crippen molar-refractivity contribution < 1.29 is 9.53 Å². The van der Waals surface area contributed by atoms with E-state index in [1.807, 2.05) is 79.9 Å². The molecular weight excluding hydrogens is 400 g/mol. The second kappa shape index (κ2) is 10.9. The maximum atomic E-state index is 12.8. The summed E-state index contributed by atoms with van der Waals surface area (Å²) < 4.78 is 5.82. The van der Waals surface area contributed by atoms with Crippen LogP contribution < -0.4 is 10.1 Å².